The molecule has 0 aliphatic carbocycles. The minimum absolute atomic E-state index is 0.0326. The summed E-state index contributed by atoms with van der Waals surface area (Å²) >= 11 is 0.605. The number of nitrogens with zero attached hydrogens (tertiary/aromatic N) is 6. The molecule has 5 rings (SSSR count). The maximum absolute atomic E-state index is 14.6. The second-order valence-corrected chi connectivity index (χ2v) is 8.63. The van der Waals surface area contributed by atoms with Crippen molar-refractivity contribution in [1.82, 2.24) is 24.7 Å². The molecule has 1 aromatic carbocycles. The lowest BCUT2D eigenvalue weighted by molar-refractivity contribution is -0.380. The van der Waals surface area contributed by atoms with Crippen LogP contribution in [0, 0.1) is 21.7 Å². The third-order valence-electron chi connectivity index (χ3n) is 5.12. The fourth-order valence-corrected chi connectivity index (χ4v) is 4.07. The second-order valence-electron chi connectivity index (χ2n) is 7.57. The molecule has 0 spiro atoms. The number of anilines is 1. The highest BCUT2D eigenvalue weighted by atomic mass is 32.1. The average molecular weight is 547 g/mol. The van der Waals surface area contributed by atoms with Crippen molar-refractivity contribution < 1.29 is 31.7 Å². The minimum atomic E-state index is -4.62. The molecule has 0 bridgehead atoms. The number of fused-ring (bicyclic) bond motifs is 1. The molecular formula is C22H10F5N7O3S. The Kier molecular flexibility index (Phi) is 6.02. The summed E-state index contributed by atoms with van der Waals surface area (Å²) in [7, 11) is 0. The van der Waals surface area contributed by atoms with Crippen molar-refractivity contribution in [1.29, 1.82) is 0 Å². The number of carbonyl (C=O) groups is 1. The Labute approximate surface area is 211 Å². The molecule has 0 atom stereocenters. The molecular weight excluding hydrogens is 537 g/mol. The Morgan fingerprint density at radius 1 is 1.05 bits per heavy atom. The van der Waals surface area contributed by atoms with Crippen LogP contribution in [0.25, 0.3) is 28.2 Å². The number of hydrogen-bond acceptors (Lipinski definition) is 8. The lowest BCUT2D eigenvalue weighted by Gasteiger charge is -2.10. The third kappa shape index (κ3) is 4.63. The molecule has 0 saturated carbocycles. The molecule has 5 aromatic rings. The standard InChI is InChI=1S/C22H10F5N7O3S/c23-11-2-3-12(14(24)7-11)18-30-19(32-21(35)15-4-6-17(38-15)34(36)37)13-9-29-33(20(13)31-18)16-5-1-10(8-28-16)22(25,26)27/h1-9H,(H,30,31,32,35). The van der Waals surface area contributed by atoms with Crippen LogP contribution < -0.4 is 5.32 Å². The minimum Gasteiger partial charge on any atom is -0.305 e. The van der Waals surface area contributed by atoms with Gasteiger partial charge in [0, 0.05) is 18.3 Å². The molecule has 192 valence electrons. The van der Waals surface area contributed by atoms with Crippen LogP contribution in [0.4, 0.5) is 32.8 Å². The van der Waals surface area contributed by atoms with E-state index in [1.165, 1.54) is 12.3 Å². The van der Waals surface area contributed by atoms with Gasteiger partial charge in [-0.1, -0.05) is 11.3 Å². The van der Waals surface area contributed by atoms with Gasteiger partial charge in [0.25, 0.3) is 5.91 Å². The first kappa shape index (κ1) is 24.8. The molecule has 1 amide bonds. The van der Waals surface area contributed by atoms with Crippen molar-refractivity contribution in [3.05, 3.63) is 87.0 Å². The van der Waals surface area contributed by atoms with Crippen LogP contribution in [-0.2, 0) is 6.18 Å². The van der Waals surface area contributed by atoms with Crippen LogP contribution in [0.15, 0.2) is 54.9 Å². The molecule has 0 unspecified atom stereocenters. The van der Waals surface area contributed by atoms with Crippen LogP contribution in [0.1, 0.15) is 15.2 Å². The number of carbonyl (C=O) groups excluding carboxylic acids is 1. The number of nitrogens with one attached hydrogen (secondary N) is 1. The molecule has 10 nitrogen and oxygen atoms in total. The summed E-state index contributed by atoms with van der Waals surface area (Å²) < 4.78 is 68.0. The number of alkyl halides is 3. The number of hydrogen-bond donors (Lipinski definition) is 1. The summed E-state index contributed by atoms with van der Waals surface area (Å²) in [5.41, 5.74) is -1.32. The summed E-state index contributed by atoms with van der Waals surface area (Å²) in [5, 5.41) is 17.3. The van der Waals surface area contributed by atoms with E-state index in [0.29, 0.717) is 23.6 Å². The summed E-state index contributed by atoms with van der Waals surface area (Å²) in [4.78, 5) is 35.2. The smallest absolute Gasteiger partial charge is 0.305 e. The lowest BCUT2D eigenvalue weighted by Crippen LogP contribution is -2.13. The van der Waals surface area contributed by atoms with E-state index < -0.39 is 34.2 Å². The molecule has 4 heterocycles. The van der Waals surface area contributed by atoms with E-state index in [1.807, 2.05) is 0 Å². The first-order valence-corrected chi connectivity index (χ1v) is 11.1. The first-order valence-electron chi connectivity index (χ1n) is 10.3. The zero-order valence-corrected chi connectivity index (χ0v) is 19.2. The van der Waals surface area contributed by atoms with Crippen molar-refractivity contribution in [3.63, 3.8) is 0 Å². The Balaban J connectivity index is 1.64. The summed E-state index contributed by atoms with van der Waals surface area (Å²) in [6.45, 7) is 0. The predicted octanol–water partition coefficient (Wildman–Crippen LogP) is 5.40. The number of amides is 1. The van der Waals surface area contributed by atoms with Gasteiger partial charge < -0.3 is 5.32 Å². The fourth-order valence-electron chi connectivity index (χ4n) is 3.36. The van der Waals surface area contributed by atoms with Crippen molar-refractivity contribution in [3.8, 4) is 17.2 Å². The Bertz CT molecular complexity index is 1720. The van der Waals surface area contributed by atoms with Gasteiger partial charge in [0.2, 0.25) is 0 Å². The summed E-state index contributed by atoms with van der Waals surface area (Å²) in [5.74, 6) is -3.24. The topological polar surface area (TPSA) is 129 Å². The molecule has 0 radical (unpaired) electrons. The van der Waals surface area contributed by atoms with Gasteiger partial charge in [-0.05, 0) is 30.3 Å². The first-order chi connectivity index (χ1) is 18.0. The second kappa shape index (κ2) is 9.22. The Morgan fingerprint density at radius 3 is 2.47 bits per heavy atom. The van der Waals surface area contributed by atoms with Gasteiger partial charge in [-0.25, -0.2) is 23.7 Å². The SMILES string of the molecule is O=C(Nc1nc(-c2ccc(F)cc2F)nc2c1cnn2-c1ccc(C(F)(F)F)cn1)c1ccc([N+](=O)[O-])s1. The van der Waals surface area contributed by atoms with Gasteiger partial charge in [-0.2, -0.15) is 23.0 Å². The van der Waals surface area contributed by atoms with Crippen LogP contribution in [0.2, 0.25) is 0 Å². The lowest BCUT2D eigenvalue weighted by atomic mass is 10.2. The van der Waals surface area contributed by atoms with Crippen LogP contribution >= 0.6 is 11.3 Å². The van der Waals surface area contributed by atoms with E-state index in [1.54, 1.807) is 0 Å². The highest BCUT2D eigenvalue weighted by Gasteiger charge is 2.31. The fraction of sp³-hybridized carbons (Fsp3) is 0.0455. The number of nitro groups is 1. The van der Waals surface area contributed by atoms with Gasteiger partial charge in [0.1, 0.15) is 17.5 Å². The van der Waals surface area contributed by atoms with Gasteiger partial charge in [-0.3, -0.25) is 14.9 Å². The Morgan fingerprint density at radius 2 is 1.84 bits per heavy atom. The molecule has 0 aliphatic heterocycles. The van der Waals surface area contributed by atoms with Crippen molar-refractivity contribution >= 4 is 39.1 Å². The van der Waals surface area contributed by atoms with Gasteiger partial charge in [-0.15, -0.1) is 0 Å². The van der Waals surface area contributed by atoms with E-state index in [-0.39, 0.29) is 43.9 Å². The largest absolute Gasteiger partial charge is 0.417 e. The number of rotatable bonds is 5. The van der Waals surface area contributed by atoms with Gasteiger partial charge in [0.15, 0.2) is 17.3 Å². The quantitative estimate of drug-likeness (QED) is 0.177. The maximum atomic E-state index is 14.6. The zero-order chi connectivity index (χ0) is 27.2. The third-order valence-corrected chi connectivity index (χ3v) is 6.16. The van der Waals surface area contributed by atoms with Gasteiger partial charge >= 0.3 is 11.2 Å². The monoisotopic (exact) mass is 547 g/mol. The average Bonchev–Trinajstić information content (AvgIpc) is 3.52. The van der Waals surface area contributed by atoms with Crippen molar-refractivity contribution in [2.75, 3.05) is 5.32 Å². The number of benzene rings is 1. The molecule has 16 heteroatoms. The van der Waals surface area contributed by atoms with E-state index >= 15 is 0 Å². The van der Waals surface area contributed by atoms with Crippen LogP contribution in [0.5, 0.6) is 0 Å². The van der Waals surface area contributed by atoms with Crippen LogP contribution in [-0.4, -0.2) is 35.6 Å². The molecule has 4 aromatic heterocycles. The Hall–Kier alpha value is -4.86. The molecule has 1 N–H and O–H groups in total. The molecule has 38 heavy (non-hydrogen) atoms. The van der Waals surface area contributed by atoms with E-state index in [2.05, 4.69) is 25.4 Å². The number of aromatic nitrogens is 5. The number of halogens is 5. The highest BCUT2D eigenvalue weighted by Crippen LogP contribution is 2.31. The molecule has 0 saturated heterocycles. The van der Waals surface area contributed by atoms with E-state index in [4.69, 9.17) is 0 Å². The molecule has 0 aliphatic rings. The highest BCUT2D eigenvalue weighted by molar-refractivity contribution is 7.17. The van der Waals surface area contributed by atoms with Gasteiger partial charge in [0.05, 0.1) is 32.5 Å². The maximum Gasteiger partial charge on any atom is 0.417 e. The normalized spacial score (nSPS) is 11.6. The number of pyridine rings is 1. The predicted molar refractivity (Wildman–Crippen MR) is 124 cm³/mol. The van der Waals surface area contributed by atoms with E-state index in [0.717, 1.165) is 35.0 Å². The van der Waals surface area contributed by atoms with Crippen LogP contribution in [0.3, 0.4) is 0 Å². The number of thiophene rings is 1. The van der Waals surface area contributed by atoms with E-state index in [9.17, 15) is 36.9 Å². The van der Waals surface area contributed by atoms with Crippen molar-refractivity contribution in [2.24, 2.45) is 0 Å². The zero-order valence-electron chi connectivity index (χ0n) is 18.4. The summed E-state index contributed by atoms with van der Waals surface area (Å²) in [6, 6.07) is 6.82. The molecule has 0 fully saturated rings. The summed E-state index contributed by atoms with van der Waals surface area (Å²) in [6.07, 6.45) is -2.83. The van der Waals surface area contributed by atoms with Crippen molar-refractivity contribution in [2.45, 2.75) is 6.18 Å².